The van der Waals surface area contributed by atoms with Crippen LogP contribution >= 0.6 is 23.5 Å². The smallest absolute Gasteiger partial charge is 0.407 e. The van der Waals surface area contributed by atoms with Crippen molar-refractivity contribution in [1.82, 2.24) is 36.5 Å². The maximum absolute atomic E-state index is 12.7. The molecule has 1 aliphatic carbocycles. The molecule has 3 aliphatic heterocycles. The summed E-state index contributed by atoms with van der Waals surface area (Å²) in [6.07, 6.45) is 7.50. The van der Waals surface area contributed by atoms with Gasteiger partial charge in [0, 0.05) is 83.0 Å². The summed E-state index contributed by atoms with van der Waals surface area (Å²) in [6.45, 7) is 8.23. The summed E-state index contributed by atoms with van der Waals surface area (Å²) < 4.78 is 44.5. The molecule has 1 saturated carbocycles. The monoisotopic (exact) mass is 1160 g/mol. The summed E-state index contributed by atoms with van der Waals surface area (Å²) in [7, 11) is 0. The van der Waals surface area contributed by atoms with Gasteiger partial charge in [0.15, 0.2) is 0 Å². The van der Waals surface area contributed by atoms with Gasteiger partial charge in [-0.15, -0.1) is 0 Å². The van der Waals surface area contributed by atoms with Gasteiger partial charge in [0.1, 0.15) is 6.10 Å². The first-order valence-corrected chi connectivity index (χ1v) is 30.1. The third-order valence-electron chi connectivity index (χ3n) is 13.4. The van der Waals surface area contributed by atoms with Crippen molar-refractivity contribution < 1.29 is 76.3 Å². The van der Waals surface area contributed by atoms with Gasteiger partial charge in [0.2, 0.25) is 41.4 Å². The highest BCUT2D eigenvalue weighted by molar-refractivity contribution is 8.00. The van der Waals surface area contributed by atoms with E-state index in [1.54, 1.807) is 12.5 Å². The average molecular weight is 1160 g/mol. The van der Waals surface area contributed by atoms with E-state index in [-0.39, 0.29) is 116 Å². The van der Waals surface area contributed by atoms with Crippen molar-refractivity contribution in [3.8, 4) is 0 Å². The van der Waals surface area contributed by atoms with E-state index in [0.29, 0.717) is 118 Å². The molecule has 0 aromatic heterocycles. The highest BCUT2D eigenvalue weighted by Crippen LogP contribution is 2.36. The van der Waals surface area contributed by atoms with Gasteiger partial charge in [-0.2, -0.15) is 28.6 Å². The number of fused-ring (bicyclic) bond motifs is 1. The molecule has 446 valence electrons. The fourth-order valence-corrected chi connectivity index (χ4v) is 10.3. The number of imide groups is 2. The quantitative estimate of drug-likeness (QED) is 0.0466. The summed E-state index contributed by atoms with van der Waals surface area (Å²) in [6, 6.07) is 8.09. The second kappa shape index (κ2) is 37.7. The SMILES string of the molecule is CSC1CC(=O)N(CCC(=O)NCCOCCOCCOCCNC(=O)OC2CCCC3=C(c4ccc(CNC(=O)CCOCCOCCOCCOCCNC(=O)CCN5C(=O)CC(SC)C5=O)cc4)NN=C(C)C3CC2)C1=O. The van der Waals surface area contributed by atoms with E-state index in [0.717, 1.165) is 58.0 Å². The maximum Gasteiger partial charge on any atom is 0.407 e. The predicted octanol–water partition coefficient (Wildman–Crippen LogP) is 2.17. The summed E-state index contributed by atoms with van der Waals surface area (Å²) in [5.74, 6) is -1.44. The van der Waals surface area contributed by atoms with E-state index in [1.807, 2.05) is 31.2 Å². The Balaban J connectivity index is 0.812. The number of alkyl carbamates (subject to hydrolysis) is 1. The van der Waals surface area contributed by atoms with Gasteiger partial charge < -0.3 is 59.2 Å². The number of nitrogens with one attached hydrogen (secondary N) is 5. The molecule has 1 aromatic rings. The van der Waals surface area contributed by atoms with Crippen LogP contribution in [0.1, 0.15) is 82.3 Å². The second-order valence-electron chi connectivity index (χ2n) is 19.1. The maximum atomic E-state index is 12.7. The van der Waals surface area contributed by atoms with Crippen LogP contribution in [-0.4, -0.2) is 217 Å². The fourth-order valence-electron chi connectivity index (χ4n) is 9.03. The normalized spacial score (nSPS) is 19.3. The first-order chi connectivity index (χ1) is 38.9. The Bertz CT molecular complexity index is 2220. The molecule has 8 amide bonds. The number of hydrogen-bond donors (Lipinski definition) is 5. The second-order valence-corrected chi connectivity index (χ2v) is 21.2. The minimum absolute atomic E-state index is 0.0517. The lowest BCUT2D eigenvalue weighted by Crippen LogP contribution is -2.36. The lowest BCUT2D eigenvalue weighted by atomic mass is 9.80. The lowest BCUT2D eigenvalue weighted by Gasteiger charge is -2.32. The molecule has 1 aromatic carbocycles. The highest BCUT2D eigenvalue weighted by Gasteiger charge is 2.39. The number of carbonyl (C=O) groups excluding carboxylic acids is 8. The van der Waals surface area contributed by atoms with Crippen molar-refractivity contribution in [2.75, 3.05) is 138 Å². The van der Waals surface area contributed by atoms with Crippen molar-refractivity contribution in [2.24, 2.45) is 11.0 Å². The van der Waals surface area contributed by atoms with Gasteiger partial charge >= 0.3 is 6.09 Å². The van der Waals surface area contributed by atoms with Gasteiger partial charge in [0.25, 0.3) is 0 Å². The Kier molecular flexibility index (Phi) is 31.0. The summed E-state index contributed by atoms with van der Waals surface area (Å²) in [5, 5.41) is 15.1. The molecule has 0 bridgehead atoms. The van der Waals surface area contributed by atoms with Crippen LogP contribution in [0.4, 0.5) is 4.79 Å². The molecular formula is C54H82N8O16S2. The van der Waals surface area contributed by atoms with Crippen molar-refractivity contribution in [3.05, 3.63) is 41.0 Å². The van der Waals surface area contributed by atoms with Gasteiger partial charge in [-0.25, -0.2) is 4.79 Å². The zero-order valence-electron chi connectivity index (χ0n) is 46.5. The van der Waals surface area contributed by atoms with E-state index >= 15 is 0 Å². The molecule has 26 heteroatoms. The Morgan fingerprint density at radius 2 is 1.05 bits per heavy atom. The first-order valence-electron chi connectivity index (χ1n) is 27.5. The molecule has 2 saturated heterocycles. The number of amides is 8. The van der Waals surface area contributed by atoms with Crippen LogP contribution in [0.3, 0.4) is 0 Å². The van der Waals surface area contributed by atoms with Crippen molar-refractivity contribution in [3.63, 3.8) is 0 Å². The Morgan fingerprint density at radius 3 is 1.54 bits per heavy atom. The zero-order valence-corrected chi connectivity index (χ0v) is 48.2. The topological polar surface area (TPSA) is 289 Å². The first kappa shape index (κ1) is 65.6. The molecule has 4 unspecified atom stereocenters. The number of allylic oxidation sites excluding steroid dienone is 1. The van der Waals surface area contributed by atoms with Gasteiger partial charge in [-0.3, -0.25) is 48.8 Å². The molecule has 4 aliphatic rings. The largest absolute Gasteiger partial charge is 0.446 e. The van der Waals surface area contributed by atoms with Crippen LogP contribution in [0.25, 0.3) is 5.70 Å². The number of hydrogen-bond acceptors (Lipinski definition) is 20. The third-order valence-corrected chi connectivity index (χ3v) is 15.3. The Morgan fingerprint density at radius 1 is 0.588 bits per heavy atom. The molecule has 5 N–H and O–H groups in total. The van der Waals surface area contributed by atoms with Gasteiger partial charge in [0.05, 0.1) is 109 Å². The number of carbonyl (C=O) groups is 8. The molecule has 80 heavy (non-hydrogen) atoms. The third kappa shape index (κ3) is 23.7. The molecule has 3 fully saturated rings. The predicted molar refractivity (Wildman–Crippen MR) is 299 cm³/mol. The molecule has 0 radical (unpaired) electrons. The van der Waals surface area contributed by atoms with E-state index < -0.39 is 6.09 Å². The number of benzene rings is 1. The summed E-state index contributed by atoms with van der Waals surface area (Å²) >= 11 is 2.68. The number of hydrazone groups is 1. The molecule has 0 spiro atoms. The molecule has 3 heterocycles. The fraction of sp³-hybridized carbons (Fsp3) is 0.685. The van der Waals surface area contributed by atoms with E-state index in [2.05, 4.69) is 31.8 Å². The standard InChI is InChI=1S/C54H82N8O16S2/c1-38-42-12-11-41(78-54(70)57-18-24-74-28-32-76-30-26-72-22-16-55-46(63)13-19-61-49(66)35-44(79-2)52(61)68)5-4-6-43(42)51(60-59-38)40-9-7-39(8-10-40)37-58-48(65)15-21-71-25-29-75-33-34-77-31-27-73-23-17-56-47(64)14-20-62-50(67)36-45(80-3)53(62)69/h7-10,41-42,44-45,60H,4-6,11-37H2,1-3H3,(H,55,63)(H,56,64)(H,57,70)(H,58,65). The minimum atomic E-state index is -0.473. The number of nitrogens with zero attached hydrogens (tertiary/aromatic N) is 3. The number of likely N-dealkylation sites (tertiary alicyclic amines) is 2. The number of thioether (sulfide) groups is 2. The van der Waals surface area contributed by atoms with Crippen LogP contribution in [-0.2, 0) is 78.0 Å². The van der Waals surface area contributed by atoms with Crippen molar-refractivity contribution >= 4 is 82.4 Å². The Labute approximate surface area is 477 Å². The molecule has 24 nitrogen and oxygen atoms in total. The summed E-state index contributed by atoms with van der Waals surface area (Å²) in [4.78, 5) is 100.0. The van der Waals surface area contributed by atoms with Crippen molar-refractivity contribution in [1.29, 1.82) is 0 Å². The van der Waals surface area contributed by atoms with Crippen LogP contribution in [0, 0.1) is 5.92 Å². The van der Waals surface area contributed by atoms with E-state index in [9.17, 15) is 38.4 Å². The number of rotatable bonds is 39. The molecular weight excluding hydrogens is 1080 g/mol. The van der Waals surface area contributed by atoms with E-state index in [1.165, 1.54) is 29.1 Å². The number of ether oxygens (including phenoxy) is 8. The molecule has 5 rings (SSSR count). The van der Waals surface area contributed by atoms with Gasteiger partial charge in [-0.1, -0.05) is 24.3 Å². The van der Waals surface area contributed by atoms with Crippen LogP contribution in [0.2, 0.25) is 0 Å². The van der Waals surface area contributed by atoms with Gasteiger partial charge in [-0.05, 0) is 68.2 Å². The van der Waals surface area contributed by atoms with Crippen LogP contribution < -0.4 is 26.7 Å². The van der Waals surface area contributed by atoms with Crippen LogP contribution in [0.5, 0.6) is 0 Å². The lowest BCUT2D eigenvalue weighted by molar-refractivity contribution is -0.140. The summed E-state index contributed by atoms with van der Waals surface area (Å²) in [5.41, 5.74) is 8.54. The van der Waals surface area contributed by atoms with Crippen molar-refractivity contribution in [2.45, 2.75) is 94.3 Å². The van der Waals surface area contributed by atoms with Crippen LogP contribution in [0.15, 0.2) is 34.9 Å². The highest BCUT2D eigenvalue weighted by atomic mass is 32.2. The van der Waals surface area contributed by atoms with E-state index in [4.69, 9.17) is 37.9 Å². The Hall–Kier alpha value is -5.19. The zero-order chi connectivity index (χ0) is 57.3. The average Bonchev–Trinajstić information content (AvgIpc) is 3.95. The molecule has 4 atom stereocenters. The minimum Gasteiger partial charge on any atom is -0.446 e.